The molecule has 0 aromatic heterocycles. The lowest BCUT2D eigenvalue weighted by Crippen LogP contribution is -1.99. The zero-order valence-electron chi connectivity index (χ0n) is 5.09. The van der Waals surface area contributed by atoms with Crippen LogP contribution in [0.5, 0.6) is 0 Å². The van der Waals surface area contributed by atoms with Crippen molar-refractivity contribution in [3.05, 3.63) is 0 Å². The average Bonchev–Trinajstić information content (AvgIpc) is 2.42. The largest absolute Gasteiger partial charge is 0.297 e. The Kier molecular flexibility index (Phi) is 1.50. The van der Waals surface area contributed by atoms with E-state index in [1.54, 1.807) is 0 Å². The highest BCUT2D eigenvalue weighted by atomic mass is 15.3. The van der Waals surface area contributed by atoms with Gasteiger partial charge in [0.05, 0.1) is 6.07 Å². The van der Waals surface area contributed by atoms with Gasteiger partial charge in [-0.3, -0.25) is 4.90 Å². The fourth-order valence-electron chi connectivity index (χ4n) is 0.798. The van der Waals surface area contributed by atoms with Crippen LogP contribution in [0.2, 0.25) is 0 Å². The lowest BCUT2D eigenvalue weighted by Gasteiger charge is -1.91. The smallest absolute Gasteiger partial charge is 0.0635 e. The van der Waals surface area contributed by atoms with Gasteiger partial charge in [-0.25, -0.2) is 0 Å². The molecule has 0 saturated carbocycles. The van der Waals surface area contributed by atoms with Gasteiger partial charge in [0, 0.05) is 25.6 Å². The molecule has 0 amide bonds. The summed E-state index contributed by atoms with van der Waals surface area (Å²) in [5, 5.41) is 8.15. The molecule has 1 heterocycles. The van der Waals surface area contributed by atoms with Crippen molar-refractivity contribution in [1.29, 1.82) is 5.26 Å². The van der Waals surface area contributed by atoms with E-state index in [1.807, 2.05) is 0 Å². The predicted molar refractivity (Wildman–Crippen MR) is 31.3 cm³/mol. The van der Waals surface area contributed by atoms with Crippen LogP contribution in [0, 0.1) is 11.3 Å². The third kappa shape index (κ3) is 1.21. The minimum atomic E-state index is 0.685. The first-order chi connectivity index (χ1) is 3.84. The lowest BCUT2D eigenvalue weighted by atomic mass is 10.5. The Morgan fingerprint density at radius 3 is 2.88 bits per heavy atom. The molecule has 1 rings (SSSR count). The molecule has 2 atom stereocenters. The maximum absolute atomic E-state index is 8.15. The number of nitrogens with zero attached hydrogens (tertiary/aromatic N) is 2. The normalized spacial score (nSPS) is 34.0. The van der Waals surface area contributed by atoms with Gasteiger partial charge in [-0.2, -0.15) is 5.26 Å². The Morgan fingerprint density at radius 2 is 2.50 bits per heavy atom. The highest BCUT2D eigenvalue weighted by Gasteiger charge is 2.27. The van der Waals surface area contributed by atoms with Gasteiger partial charge in [0.1, 0.15) is 0 Å². The van der Waals surface area contributed by atoms with Crippen molar-refractivity contribution in [2.24, 2.45) is 0 Å². The van der Waals surface area contributed by atoms with Crippen LogP contribution in [0.15, 0.2) is 0 Å². The van der Waals surface area contributed by atoms with Gasteiger partial charge in [-0.15, -0.1) is 0 Å². The van der Waals surface area contributed by atoms with Crippen molar-refractivity contribution in [3.8, 4) is 6.07 Å². The molecular weight excluding hydrogens is 100 g/mol. The summed E-state index contributed by atoms with van der Waals surface area (Å²) in [5.74, 6) is 0. The molecule has 0 bridgehead atoms. The second kappa shape index (κ2) is 2.15. The van der Waals surface area contributed by atoms with Crippen molar-refractivity contribution in [2.45, 2.75) is 19.4 Å². The third-order valence-electron chi connectivity index (χ3n) is 1.50. The molecule has 44 valence electrons. The molecular formula is C6H10N2. The highest BCUT2D eigenvalue weighted by Crippen LogP contribution is 2.14. The van der Waals surface area contributed by atoms with Gasteiger partial charge in [-0.1, -0.05) is 0 Å². The fourth-order valence-corrected chi connectivity index (χ4v) is 0.798. The molecule has 1 aliphatic rings. The van der Waals surface area contributed by atoms with Crippen molar-refractivity contribution >= 4 is 0 Å². The van der Waals surface area contributed by atoms with E-state index in [0.717, 1.165) is 12.6 Å². The van der Waals surface area contributed by atoms with Gasteiger partial charge in [0.25, 0.3) is 0 Å². The number of hydrogen-bond acceptors (Lipinski definition) is 2. The van der Waals surface area contributed by atoms with E-state index in [-0.39, 0.29) is 0 Å². The van der Waals surface area contributed by atoms with Crippen LogP contribution in [0.25, 0.3) is 0 Å². The minimum absolute atomic E-state index is 0.685. The van der Waals surface area contributed by atoms with Crippen molar-refractivity contribution in [3.63, 3.8) is 0 Å². The second-order valence-electron chi connectivity index (χ2n) is 2.25. The van der Waals surface area contributed by atoms with Gasteiger partial charge in [0.15, 0.2) is 0 Å². The molecule has 0 aromatic carbocycles. The van der Waals surface area contributed by atoms with Crippen LogP contribution in [0.4, 0.5) is 0 Å². The number of nitriles is 1. The molecule has 1 aliphatic heterocycles. The fraction of sp³-hybridized carbons (Fsp3) is 0.833. The Hall–Kier alpha value is -0.550. The SMILES string of the molecule is C[C@@H]1CN1CCC#N. The summed E-state index contributed by atoms with van der Waals surface area (Å²) in [6.45, 7) is 4.34. The molecule has 8 heavy (non-hydrogen) atoms. The Bertz CT molecular complexity index is 114. The van der Waals surface area contributed by atoms with Crippen molar-refractivity contribution in [2.75, 3.05) is 13.1 Å². The predicted octanol–water partition coefficient (Wildman–Crippen LogP) is 0.604. The molecule has 0 aromatic rings. The van der Waals surface area contributed by atoms with E-state index in [4.69, 9.17) is 5.26 Å². The van der Waals surface area contributed by atoms with E-state index < -0.39 is 0 Å². The van der Waals surface area contributed by atoms with Gasteiger partial charge in [0.2, 0.25) is 0 Å². The van der Waals surface area contributed by atoms with E-state index in [1.165, 1.54) is 6.54 Å². The summed E-state index contributed by atoms with van der Waals surface area (Å²) in [7, 11) is 0. The van der Waals surface area contributed by atoms with Crippen LogP contribution in [0.1, 0.15) is 13.3 Å². The second-order valence-corrected chi connectivity index (χ2v) is 2.25. The first-order valence-corrected chi connectivity index (χ1v) is 2.95. The zero-order valence-corrected chi connectivity index (χ0v) is 5.09. The standard InChI is InChI=1S/C6H10N2/c1-6-5-8(6)4-2-3-7/h6H,2,4-5H2,1H3/t6-,8?/m1/s1. The number of hydrogen-bond donors (Lipinski definition) is 0. The Morgan fingerprint density at radius 1 is 1.88 bits per heavy atom. The van der Waals surface area contributed by atoms with Crippen LogP contribution < -0.4 is 0 Å². The molecule has 0 N–H and O–H groups in total. The molecule has 0 spiro atoms. The van der Waals surface area contributed by atoms with Crippen molar-refractivity contribution in [1.82, 2.24) is 4.90 Å². The first kappa shape index (κ1) is 5.58. The molecule has 0 radical (unpaired) electrons. The van der Waals surface area contributed by atoms with Crippen LogP contribution in [-0.4, -0.2) is 24.0 Å². The quantitative estimate of drug-likeness (QED) is 0.487. The molecule has 1 fully saturated rings. The summed E-state index contributed by atoms with van der Waals surface area (Å²) < 4.78 is 0. The lowest BCUT2D eigenvalue weighted by molar-refractivity contribution is 0.529. The van der Waals surface area contributed by atoms with Crippen LogP contribution >= 0.6 is 0 Å². The molecule has 1 saturated heterocycles. The average molecular weight is 110 g/mol. The van der Waals surface area contributed by atoms with Gasteiger partial charge >= 0.3 is 0 Å². The molecule has 1 unspecified atom stereocenters. The molecule has 0 aliphatic carbocycles. The summed E-state index contributed by atoms with van der Waals surface area (Å²) in [6.07, 6.45) is 0.685. The van der Waals surface area contributed by atoms with E-state index >= 15 is 0 Å². The Labute approximate surface area is 49.7 Å². The number of rotatable bonds is 2. The summed E-state index contributed by atoms with van der Waals surface area (Å²) in [5.41, 5.74) is 0. The van der Waals surface area contributed by atoms with E-state index in [9.17, 15) is 0 Å². The highest BCUT2D eigenvalue weighted by molar-refractivity contribution is 4.86. The zero-order chi connectivity index (χ0) is 5.98. The summed E-state index contributed by atoms with van der Waals surface area (Å²) in [6, 6.07) is 2.87. The van der Waals surface area contributed by atoms with E-state index in [2.05, 4.69) is 17.9 Å². The maximum atomic E-state index is 8.15. The first-order valence-electron chi connectivity index (χ1n) is 2.95. The Balaban J connectivity index is 1.99. The maximum Gasteiger partial charge on any atom is 0.0635 e. The summed E-state index contributed by atoms with van der Waals surface area (Å²) in [4.78, 5) is 2.28. The van der Waals surface area contributed by atoms with Crippen LogP contribution in [-0.2, 0) is 0 Å². The summed E-state index contributed by atoms with van der Waals surface area (Å²) >= 11 is 0. The van der Waals surface area contributed by atoms with Gasteiger partial charge in [-0.05, 0) is 6.92 Å². The van der Waals surface area contributed by atoms with Crippen LogP contribution in [0.3, 0.4) is 0 Å². The topological polar surface area (TPSA) is 26.8 Å². The molecule has 2 nitrogen and oxygen atoms in total. The molecule has 2 heteroatoms. The monoisotopic (exact) mass is 110 g/mol. The van der Waals surface area contributed by atoms with Crippen molar-refractivity contribution < 1.29 is 0 Å². The minimum Gasteiger partial charge on any atom is -0.297 e. The third-order valence-corrected chi connectivity index (χ3v) is 1.50. The van der Waals surface area contributed by atoms with E-state index in [0.29, 0.717) is 6.42 Å². The van der Waals surface area contributed by atoms with Gasteiger partial charge < -0.3 is 0 Å².